The molecule has 0 N–H and O–H groups in total. The van der Waals surface area contributed by atoms with Crippen molar-refractivity contribution in [2.24, 2.45) is 0 Å². The van der Waals surface area contributed by atoms with Crippen LogP contribution in [0.5, 0.6) is 5.75 Å². The first-order valence-electron chi connectivity index (χ1n) is 9.94. The van der Waals surface area contributed by atoms with E-state index in [1.807, 2.05) is 6.07 Å². The van der Waals surface area contributed by atoms with E-state index in [0.29, 0.717) is 28.6 Å². The Morgan fingerprint density at radius 2 is 1.80 bits per heavy atom. The third-order valence-electron chi connectivity index (χ3n) is 4.60. The number of unbranched alkanes of at least 4 members (excludes halogenated alkanes) is 2. The minimum absolute atomic E-state index is 0.0316. The maximum atomic E-state index is 12.7. The first-order chi connectivity index (χ1) is 14.6. The number of carbonyl (C=O) groups is 1. The van der Waals surface area contributed by atoms with Crippen LogP contribution in [0.2, 0.25) is 0 Å². The van der Waals surface area contributed by atoms with Crippen LogP contribution in [0.3, 0.4) is 0 Å². The number of aryl methyl sites for hydroxylation is 1. The quantitative estimate of drug-likeness (QED) is 0.398. The molecule has 154 valence electrons. The van der Waals surface area contributed by atoms with Crippen LogP contribution >= 0.6 is 0 Å². The third kappa shape index (κ3) is 5.03. The van der Waals surface area contributed by atoms with Crippen molar-refractivity contribution in [2.45, 2.75) is 32.7 Å². The van der Waals surface area contributed by atoms with Gasteiger partial charge in [0.25, 0.3) is 5.56 Å². The molecule has 0 saturated carbocycles. The second kappa shape index (κ2) is 10.2. The Balaban J connectivity index is 1.69. The van der Waals surface area contributed by atoms with E-state index in [0.717, 1.165) is 19.3 Å². The molecule has 0 bridgehead atoms. The number of nitrogens with zero attached hydrogens (tertiary/aromatic N) is 3. The summed E-state index contributed by atoms with van der Waals surface area (Å²) in [7, 11) is 0. The van der Waals surface area contributed by atoms with Crippen LogP contribution in [0.15, 0.2) is 53.3 Å². The van der Waals surface area contributed by atoms with Crippen LogP contribution in [0.4, 0.5) is 0 Å². The minimum Gasteiger partial charge on any atom is -0.490 e. The number of aromatic nitrogens is 2. The van der Waals surface area contributed by atoms with Crippen molar-refractivity contribution in [3.63, 3.8) is 0 Å². The van der Waals surface area contributed by atoms with Crippen molar-refractivity contribution < 1.29 is 14.3 Å². The van der Waals surface area contributed by atoms with E-state index in [1.165, 1.54) is 4.68 Å². The summed E-state index contributed by atoms with van der Waals surface area (Å²) in [4.78, 5) is 25.3. The molecule has 0 aliphatic carbocycles. The van der Waals surface area contributed by atoms with Crippen molar-refractivity contribution >= 4 is 16.7 Å². The van der Waals surface area contributed by atoms with E-state index in [4.69, 9.17) is 14.7 Å². The standard InChI is InChI=1S/C23H23N3O4/c1-2-3-6-13-26-22(27)20-8-5-4-7-19(20)21(25-26)23(28)30-15-14-29-18-11-9-17(16-24)10-12-18/h4-5,7-12H,2-3,6,13-15H2,1H3. The van der Waals surface area contributed by atoms with Crippen molar-refractivity contribution in [1.29, 1.82) is 5.26 Å². The Bertz CT molecular complexity index is 1110. The summed E-state index contributed by atoms with van der Waals surface area (Å²) < 4.78 is 12.2. The minimum atomic E-state index is -0.598. The summed E-state index contributed by atoms with van der Waals surface area (Å²) >= 11 is 0. The second-order valence-corrected chi connectivity index (χ2v) is 6.75. The lowest BCUT2D eigenvalue weighted by Gasteiger charge is -2.11. The molecule has 7 heteroatoms. The van der Waals surface area contributed by atoms with Crippen LogP contribution in [-0.2, 0) is 11.3 Å². The molecular formula is C23H23N3O4. The van der Waals surface area contributed by atoms with Gasteiger partial charge in [-0.25, -0.2) is 9.48 Å². The zero-order valence-electron chi connectivity index (χ0n) is 16.8. The number of rotatable bonds is 9. The molecule has 1 heterocycles. The molecule has 30 heavy (non-hydrogen) atoms. The van der Waals surface area contributed by atoms with Crippen LogP contribution in [0, 0.1) is 11.3 Å². The van der Waals surface area contributed by atoms with Gasteiger partial charge in [-0.3, -0.25) is 4.79 Å². The maximum absolute atomic E-state index is 12.7. The SMILES string of the molecule is CCCCCn1nc(C(=O)OCCOc2ccc(C#N)cc2)c2ccccc2c1=O. The molecule has 0 fully saturated rings. The van der Waals surface area contributed by atoms with Gasteiger partial charge >= 0.3 is 5.97 Å². The number of fused-ring (bicyclic) bond motifs is 1. The van der Waals surface area contributed by atoms with Gasteiger partial charge in [0.15, 0.2) is 5.69 Å². The van der Waals surface area contributed by atoms with Crippen molar-refractivity contribution in [3.8, 4) is 11.8 Å². The number of benzene rings is 2. The lowest BCUT2D eigenvalue weighted by atomic mass is 10.1. The zero-order valence-corrected chi connectivity index (χ0v) is 16.8. The second-order valence-electron chi connectivity index (χ2n) is 6.75. The molecule has 0 unspecified atom stereocenters. The van der Waals surface area contributed by atoms with E-state index in [2.05, 4.69) is 12.0 Å². The number of hydrogen-bond donors (Lipinski definition) is 0. The molecule has 0 amide bonds. The normalized spacial score (nSPS) is 10.5. The lowest BCUT2D eigenvalue weighted by Crippen LogP contribution is -2.27. The van der Waals surface area contributed by atoms with Crippen LogP contribution < -0.4 is 10.3 Å². The van der Waals surface area contributed by atoms with Gasteiger partial charge < -0.3 is 9.47 Å². The highest BCUT2D eigenvalue weighted by molar-refractivity contribution is 6.02. The Kier molecular flexibility index (Phi) is 7.17. The third-order valence-corrected chi connectivity index (χ3v) is 4.60. The molecular weight excluding hydrogens is 382 g/mol. The molecule has 3 aromatic rings. The summed E-state index contributed by atoms with van der Waals surface area (Å²) in [5, 5.41) is 14.0. The van der Waals surface area contributed by atoms with E-state index in [1.54, 1.807) is 48.5 Å². The first-order valence-corrected chi connectivity index (χ1v) is 9.94. The number of nitriles is 1. The highest BCUT2D eigenvalue weighted by Gasteiger charge is 2.17. The molecule has 1 aromatic heterocycles. The molecule has 2 aromatic carbocycles. The molecule has 3 rings (SSSR count). The largest absolute Gasteiger partial charge is 0.490 e. The predicted octanol–water partition coefficient (Wildman–Crippen LogP) is 3.69. The molecule has 0 radical (unpaired) electrons. The average Bonchev–Trinajstić information content (AvgIpc) is 2.78. The fraction of sp³-hybridized carbons (Fsp3) is 0.304. The van der Waals surface area contributed by atoms with Gasteiger partial charge in [0, 0.05) is 11.9 Å². The summed E-state index contributed by atoms with van der Waals surface area (Å²) in [6.45, 7) is 2.73. The first kappa shape index (κ1) is 21.1. The van der Waals surface area contributed by atoms with Crippen LogP contribution in [0.1, 0.15) is 42.2 Å². The van der Waals surface area contributed by atoms with E-state index in [-0.39, 0.29) is 24.5 Å². The fourth-order valence-corrected chi connectivity index (χ4v) is 3.04. The Labute approximate surface area is 174 Å². The summed E-state index contributed by atoms with van der Waals surface area (Å²) in [5.41, 5.74) is 0.461. The van der Waals surface area contributed by atoms with Crippen LogP contribution in [0.25, 0.3) is 10.8 Å². The van der Waals surface area contributed by atoms with E-state index < -0.39 is 5.97 Å². The summed E-state index contributed by atoms with van der Waals surface area (Å²) in [6.07, 6.45) is 2.82. The molecule has 0 saturated heterocycles. The van der Waals surface area contributed by atoms with Crippen molar-refractivity contribution in [3.05, 3.63) is 70.1 Å². The van der Waals surface area contributed by atoms with Gasteiger partial charge in [-0.1, -0.05) is 38.0 Å². The van der Waals surface area contributed by atoms with Gasteiger partial charge in [0.05, 0.1) is 17.0 Å². The molecule has 0 aliphatic rings. The lowest BCUT2D eigenvalue weighted by molar-refractivity contribution is 0.0443. The van der Waals surface area contributed by atoms with Gasteiger partial charge in [0.2, 0.25) is 0 Å². The Morgan fingerprint density at radius 3 is 2.50 bits per heavy atom. The smallest absolute Gasteiger partial charge is 0.359 e. The van der Waals surface area contributed by atoms with E-state index in [9.17, 15) is 9.59 Å². The van der Waals surface area contributed by atoms with Gasteiger partial charge in [-0.05, 0) is 36.8 Å². The topological polar surface area (TPSA) is 94.2 Å². The highest BCUT2D eigenvalue weighted by Crippen LogP contribution is 2.15. The molecule has 0 atom stereocenters. The van der Waals surface area contributed by atoms with E-state index >= 15 is 0 Å². The molecule has 7 nitrogen and oxygen atoms in total. The number of esters is 1. The Morgan fingerprint density at radius 1 is 1.07 bits per heavy atom. The summed E-state index contributed by atoms with van der Waals surface area (Å²) in [5.74, 6) is -0.0167. The number of hydrogen-bond acceptors (Lipinski definition) is 6. The van der Waals surface area contributed by atoms with Crippen LogP contribution in [-0.4, -0.2) is 29.0 Å². The molecule has 0 spiro atoms. The average molecular weight is 405 g/mol. The van der Waals surface area contributed by atoms with Crippen molar-refractivity contribution in [2.75, 3.05) is 13.2 Å². The van der Waals surface area contributed by atoms with Gasteiger partial charge in [-0.2, -0.15) is 10.4 Å². The predicted molar refractivity (Wildman–Crippen MR) is 112 cm³/mol. The highest BCUT2D eigenvalue weighted by atomic mass is 16.6. The van der Waals surface area contributed by atoms with Gasteiger partial charge in [-0.15, -0.1) is 0 Å². The zero-order chi connectivity index (χ0) is 21.3. The number of ether oxygens (including phenoxy) is 2. The summed E-state index contributed by atoms with van der Waals surface area (Å²) in [6, 6.07) is 15.6. The fourth-order valence-electron chi connectivity index (χ4n) is 3.04. The number of carbonyl (C=O) groups excluding carboxylic acids is 1. The Hall–Kier alpha value is -3.66. The van der Waals surface area contributed by atoms with Crippen molar-refractivity contribution in [1.82, 2.24) is 9.78 Å². The molecule has 0 aliphatic heterocycles. The monoisotopic (exact) mass is 405 g/mol. The van der Waals surface area contributed by atoms with Gasteiger partial charge in [0.1, 0.15) is 19.0 Å². The maximum Gasteiger partial charge on any atom is 0.359 e.